The smallest absolute Gasteiger partial charge is 0.123 e. The van der Waals surface area contributed by atoms with E-state index in [0.717, 1.165) is 23.8 Å². The van der Waals surface area contributed by atoms with Crippen LogP contribution in [0.25, 0.3) is 10.1 Å². The Morgan fingerprint density at radius 1 is 1.04 bits per heavy atom. The van der Waals surface area contributed by atoms with E-state index >= 15 is 0 Å². The van der Waals surface area contributed by atoms with Gasteiger partial charge in [0.1, 0.15) is 8.07 Å². The van der Waals surface area contributed by atoms with Gasteiger partial charge in [0.05, 0.1) is 17.8 Å². The highest BCUT2D eigenvalue weighted by Gasteiger charge is 2.22. The average Bonchev–Trinajstić information content (AvgIpc) is 3.23. The lowest BCUT2D eigenvalue weighted by molar-refractivity contribution is 0.162. The summed E-state index contributed by atoms with van der Waals surface area (Å²) in [5, 5.41) is 12.8. The second kappa shape index (κ2) is 8.55. The summed E-state index contributed by atoms with van der Waals surface area (Å²) in [5.74, 6) is 0. The fraction of sp³-hybridized carbons (Fsp3) is 0.455. The summed E-state index contributed by atoms with van der Waals surface area (Å²) < 4.78 is 7.06. The molecule has 0 spiro atoms. The van der Waals surface area contributed by atoms with Crippen LogP contribution in [-0.2, 0) is 6.42 Å². The maximum atomic E-state index is 10.4. The van der Waals surface area contributed by atoms with Gasteiger partial charge in [-0.25, -0.2) is 0 Å². The Morgan fingerprint density at radius 2 is 1.81 bits per heavy atom. The van der Waals surface area contributed by atoms with Gasteiger partial charge < -0.3 is 9.52 Å². The second-order valence-electron chi connectivity index (χ2n) is 8.21. The Hall–Kier alpha value is -1.36. The third-order valence-corrected chi connectivity index (χ3v) is 7.79. The number of thiophene rings is 1. The highest BCUT2D eigenvalue weighted by atomic mass is 32.1. The Labute approximate surface area is 161 Å². The SMILES string of the molecule is C[Si](C)(C)c1cc(C(O)CCCCCCc2cc3ccccc3s2)co1. The molecule has 0 aliphatic carbocycles. The normalized spacial score (nSPS) is 13.4. The number of aryl methyl sites for hydroxylation is 1. The first kappa shape index (κ1) is 19.4. The highest BCUT2D eigenvalue weighted by molar-refractivity contribution is 7.19. The largest absolute Gasteiger partial charge is 0.474 e. The molecule has 4 heteroatoms. The molecule has 0 saturated heterocycles. The van der Waals surface area contributed by atoms with Crippen molar-refractivity contribution in [2.75, 3.05) is 0 Å². The maximum absolute atomic E-state index is 10.4. The quantitative estimate of drug-likeness (QED) is 0.347. The van der Waals surface area contributed by atoms with Crippen molar-refractivity contribution in [3.05, 3.63) is 53.1 Å². The highest BCUT2D eigenvalue weighted by Crippen LogP contribution is 2.27. The number of aliphatic hydroxyl groups is 1. The molecule has 1 aromatic carbocycles. The molecule has 3 aromatic rings. The average molecular weight is 387 g/mol. The zero-order valence-corrected chi connectivity index (χ0v) is 17.9. The van der Waals surface area contributed by atoms with Crippen LogP contribution >= 0.6 is 11.3 Å². The number of rotatable bonds is 9. The Morgan fingerprint density at radius 3 is 2.54 bits per heavy atom. The topological polar surface area (TPSA) is 33.4 Å². The van der Waals surface area contributed by atoms with Crippen LogP contribution in [0.15, 0.2) is 47.1 Å². The molecule has 0 amide bonds. The number of unbranched alkanes of at least 4 members (excludes halogenated alkanes) is 3. The van der Waals surface area contributed by atoms with Gasteiger partial charge in [-0.2, -0.15) is 0 Å². The summed E-state index contributed by atoms with van der Waals surface area (Å²) in [5.41, 5.74) is 0.952. The fourth-order valence-electron chi connectivity index (χ4n) is 3.24. The predicted octanol–water partition coefficient (Wildman–Crippen LogP) is 6.27. The standard InChI is InChI=1S/C22H30O2SSi/c1-26(2,3)22-15-18(16-24-22)20(23)12-7-5-4-6-11-19-14-17-10-8-9-13-21(17)25-19/h8-10,13-16,20,23H,4-7,11-12H2,1-3H3. The fourth-order valence-corrected chi connectivity index (χ4v) is 5.35. The summed E-state index contributed by atoms with van der Waals surface area (Å²) >= 11 is 1.92. The molecule has 2 nitrogen and oxygen atoms in total. The number of benzene rings is 1. The first-order valence-electron chi connectivity index (χ1n) is 9.68. The molecule has 2 aromatic heterocycles. The van der Waals surface area contributed by atoms with E-state index in [2.05, 4.69) is 56.0 Å². The van der Waals surface area contributed by atoms with E-state index in [4.69, 9.17) is 4.42 Å². The summed E-state index contributed by atoms with van der Waals surface area (Å²) in [4.78, 5) is 1.49. The van der Waals surface area contributed by atoms with Crippen LogP contribution in [-0.4, -0.2) is 13.2 Å². The van der Waals surface area contributed by atoms with E-state index in [1.165, 1.54) is 40.6 Å². The molecular formula is C22H30O2SSi. The molecule has 1 atom stereocenters. The van der Waals surface area contributed by atoms with Gasteiger partial charge in [0.15, 0.2) is 0 Å². The minimum atomic E-state index is -1.43. The minimum Gasteiger partial charge on any atom is -0.474 e. The molecule has 1 unspecified atom stereocenters. The van der Waals surface area contributed by atoms with Crippen molar-refractivity contribution < 1.29 is 9.52 Å². The summed E-state index contributed by atoms with van der Waals surface area (Å²) in [7, 11) is -1.43. The van der Waals surface area contributed by atoms with Gasteiger partial charge in [-0.1, -0.05) is 57.1 Å². The van der Waals surface area contributed by atoms with Gasteiger partial charge in [0.2, 0.25) is 0 Å². The van der Waals surface area contributed by atoms with Gasteiger partial charge in [-0.05, 0) is 42.8 Å². The summed E-state index contributed by atoms with van der Waals surface area (Å²) in [6, 6.07) is 13.0. The third-order valence-electron chi connectivity index (χ3n) is 4.87. The van der Waals surface area contributed by atoms with E-state index in [-0.39, 0.29) is 6.10 Å². The van der Waals surface area contributed by atoms with Crippen molar-refractivity contribution in [2.45, 2.75) is 64.3 Å². The molecule has 0 radical (unpaired) electrons. The molecule has 0 bridgehead atoms. The lowest BCUT2D eigenvalue weighted by Crippen LogP contribution is -2.36. The first-order chi connectivity index (χ1) is 12.4. The van der Waals surface area contributed by atoms with Crippen molar-refractivity contribution in [2.24, 2.45) is 0 Å². The lowest BCUT2D eigenvalue weighted by atomic mass is 10.0. The van der Waals surface area contributed by atoms with Crippen LogP contribution in [0.4, 0.5) is 0 Å². The van der Waals surface area contributed by atoms with Crippen LogP contribution < -0.4 is 5.38 Å². The van der Waals surface area contributed by atoms with Crippen molar-refractivity contribution >= 4 is 34.9 Å². The molecular weight excluding hydrogens is 356 g/mol. The van der Waals surface area contributed by atoms with Crippen LogP contribution in [0.3, 0.4) is 0 Å². The Bertz CT molecular complexity index is 795. The van der Waals surface area contributed by atoms with E-state index in [1.807, 2.05) is 11.3 Å². The van der Waals surface area contributed by atoms with Crippen molar-refractivity contribution in [1.29, 1.82) is 0 Å². The van der Waals surface area contributed by atoms with Crippen molar-refractivity contribution in [3.63, 3.8) is 0 Å². The van der Waals surface area contributed by atoms with E-state index in [9.17, 15) is 5.11 Å². The molecule has 0 aliphatic rings. The minimum absolute atomic E-state index is 0.383. The molecule has 0 aliphatic heterocycles. The molecule has 3 rings (SSSR count). The van der Waals surface area contributed by atoms with Gasteiger partial charge in [0.25, 0.3) is 0 Å². The molecule has 2 heterocycles. The number of hydrogen-bond acceptors (Lipinski definition) is 3. The molecule has 0 saturated carbocycles. The maximum Gasteiger partial charge on any atom is 0.123 e. The summed E-state index contributed by atoms with van der Waals surface area (Å²) in [6.07, 6.45) is 8.07. The van der Waals surface area contributed by atoms with Crippen LogP contribution in [0.1, 0.15) is 48.6 Å². The lowest BCUT2D eigenvalue weighted by Gasteiger charge is -2.11. The van der Waals surface area contributed by atoms with Gasteiger partial charge in [-0.3, -0.25) is 0 Å². The predicted molar refractivity (Wildman–Crippen MR) is 115 cm³/mol. The van der Waals surface area contributed by atoms with E-state index in [1.54, 1.807) is 6.26 Å². The third kappa shape index (κ3) is 5.09. The molecule has 0 fully saturated rings. The Kier molecular flexibility index (Phi) is 6.38. The number of hydrogen-bond donors (Lipinski definition) is 1. The van der Waals surface area contributed by atoms with Crippen LogP contribution in [0, 0.1) is 0 Å². The number of aliphatic hydroxyl groups excluding tert-OH is 1. The summed E-state index contributed by atoms with van der Waals surface area (Å²) in [6.45, 7) is 6.79. The second-order valence-corrected chi connectivity index (χ2v) is 14.4. The monoisotopic (exact) mass is 386 g/mol. The van der Waals surface area contributed by atoms with Crippen molar-refractivity contribution in [3.8, 4) is 0 Å². The van der Waals surface area contributed by atoms with Gasteiger partial charge in [-0.15, -0.1) is 11.3 Å². The molecule has 26 heavy (non-hydrogen) atoms. The zero-order chi connectivity index (χ0) is 18.6. The van der Waals surface area contributed by atoms with Crippen molar-refractivity contribution in [1.82, 2.24) is 0 Å². The van der Waals surface area contributed by atoms with E-state index in [0.29, 0.717) is 0 Å². The first-order valence-corrected chi connectivity index (χ1v) is 14.0. The number of fused-ring (bicyclic) bond motifs is 1. The van der Waals surface area contributed by atoms with Gasteiger partial charge >= 0.3 is 0 Å². The number of furan rings is 1. The van der Waals surface area contributed by atoms with Crippen LogP contribution in [0.2, 0.25) is 19.6 Å². The van der Waals surface area contributed by atoms with Crippen LogP contribution in [0.5, 0.6) is 0 Å². The Balaban J connectivity index is 1.35. The molecule has 140 valence electrons. The molecule has 1 N–H and O–H groups in total. The van der Waals surface area contributed by atoms with E-state index < -0.39 is 8.07 Å². The zero-order valence-electron chi connectivity index (χ0n) is 16.1. The van der Waals surface area contributed by atoms with Gasteiger partial charge in [0, 0.05) is 15.1 Å².